The van der Waals surface area contributed by atoms with Crippen LogP contribution in [0, 0.1) is 0 Å². The summed E-state index contributed by atoms with van der Waals surface area (Å²) in [7, 11) is 0. The lowest BCUT2D eigenvalue weighted by molar-refractivity contribution is -0.143. The Hall–Kier alpha value is -1.55. The SMILES string of the molecule is Cl.Cl.NCCCNC(=O)c1cnn(-c2ncccc2Cl)c1C(F)(F)F. The first-order valence-electron chi connectivity index (χ1n) is 6.60. The van der Waals surface area contributed by atoms with E-state index in [0.717, 1.165) is 6.20 Å². The lowest BCUT2D eigenvalue weighted by Crippen LogP contribution is -2.28. The summed E-state index contributed by atoms with van der Waals surface area (Å²) in [5, 5.41) is 5.98. The van der Waals surface area contributed by atoms with E-state index < -0.39 is 23.3 Å². The monoisotopic (exact) mass is 419 g/mol. The number of hydrogen-bond acceptors (Lipinski definition) is 4. The molecule has 0 radical (unpaired) electrons. The molecule has 12 heteroatoms. The van der Waals surface area contributed by atoms with E-state index in [1.807, 2.05) is 0 Å². The number of nitrogens with one attached hydrogen (secondary N) is 1. The fourth-order valence-electron chi connectivity index (χ4n) is 1.88. The minimum absolute atomic E-state index is 0. The predicted octanol–water partition coefficient (Wildman–Crippen LogP) is 2.86. The zero-order chi connectivity index (χ0) is 17.0. The molecule has 3 N–H and O–H groups in total. The van der Waals surface area contributed by atoms with Crippen molar-refractivity contribution in [1.29, 1.82) is 0 Å². The number of nitrogens with zero attached hydrogens (tertiary/aromatic N) is 3. The second-order valence-electron chi connectivity index (χ2n) is 4.52. The van der Waals surface area contributed by atoms with Crippen LogP contribution in [0.2, 0.25) is 5.02 Å². The number of nitrogens with two attached hydrogens (primary N) is 1. The number of pyridine rings is 1. The molecule has 0 aliphatic heterocycles. The number of halogens is 6. The van der Waals surface area contributed by atoms with Crippen LogP contribution in [0.1, 0.15) is 22.5 Å². The van der Waals surface area contributed by atoms with Crippen LogP contribution < -0.4 is 11.1 Å². The molecule has 0 saturated carbocycles. The zero-order valence-electron chi connectivity index (χ0n) is 12.6. The molecule has 25 heavy (non-hydrogen) atoms. The van der Waals surface area contributed by atoms with Gasteiger partial charge in [0, 0.05) is 12.7 Å². The van der Waals surface area contributed by atoms with Crippen molar-refractivity contribution in [3.05, 3.63) is 40.8 Å². The lowest BCUT2D eigenvalue weighted by Gasteiger charge is -2.12. The first-order chi connectivity index (χ1) is 10.9. The molecule has 6 nitrogen and oxygen atoms in total. The molecule has 0 unspecified atom stereocenters. The van der Waals surface area contributed by atoms with Gasteiger partial charge < -0.3 is 11.1 Å². The fourth-order valence-corrected chi connectivity index (χ4v) is 2.08. The second kappa shape index (κ2) is 9.81. The van der Waals surface area contributed by atoms with Crippen LogP contribution in [0.4, 0.5) is 13.2 Å². The van der Waals surface area contributed by atoms with E-state index in [0.29, 0.717) is 17.6 Å². The quantitative estimate of drug-likeness (QED) is 0.728. The summed E-state index contributed by atoms with van der Waals surface area (Å²) in [6, 6.07) is 2.86. The molecule has 2 rings (SSSR count). The third-order valence-corrected chi connectivity index (χ3v) is 3.18. The van der Waals surface area contributed by atoms with E-state index in [-0.39, 0.29) is 42.2 Å². The van der Waals surface area contributed by atoms with Crippen molar-refractivity contribution in [3.8, 4) is 5.82 Å². The van der Waals surface area contributed by atoms with Crippen LogP contribution in [0.3, 0.4) is 0 Å². The maximum absolute atomic E-state index is 13.4. The average molecular weight is 421 g/mol. The van der Waals surface area contributed by atoms with Crippen LogP contribution in [-0.2, 0) is 6.18 Å². The van der Waals surface area contributed by atoms with Gasteiger partial charge in [-0.1, -0.05) is 11.6 Å². The van der Waals surface area contributed by atoms with E-state index in [4.69, 9.17) is 17.3 Å². The number of amides is 1. The van der Waals surface area contributed by atoms with Gasteiger partial charge in [-0.25, -0.2) is 9.67 Å². The van der Waals surface area contributed by atoms with Gasteiger partial charge in [-0.3, -0.25) is 4.79 Å². The molecule has 2 aromatic rings. The highest BCUT2D eigenvalue weighted by Crippen LogP contribution is 2.34. The topological polar surface area (TPSA) is 85.8 Å². The van der Waals surface area contributed by atoms with Gasteiger partial charge in [0.2, 0.25) is 0 Å². The predicted molar refractivity (Wildman–Crippen MR) is 91.9 cm³/mol. The molecule has 140 valence electrons. The summed E-state index contributed by atoms with van der Waals surface area (Å²) in [5.41, 5.74) is 3.44. The molecular formula is C13H15Cl3F3N5O. The molecule has 0 atom stereocenters. The van der Waals surface area contributed by atoms with Gasteiger partial charge in [-0.2, -0.15) is 18.3 Å². The van der Waals surface area contributed by atoms with Crippen LogP contribution in [0.5, 0.6) is 0 Å². The van der Waals surface area contributed by atoms with Crippen LogP contribution in [0.15, 0.2) is 24.5 Å². The summed E-state index contributed by atoms with van der Waals surface area (Å²) >= 11 is 5.87. The average Bonchev–Trinajstić information content (AvgIpc) is 2.93. The Morgan fingerprint density at radius 2 is 2.04 bits per heavy atom. The molecule has 1 amide bonds. The van der Waals surface area contributed by atoms with Crippen molar-refractivity contribution < 1.29 is 18.0 Å². The Morgan fingerprint density at radius 3 is 2.60 bits per heavy atom. The highest BCUT2D eigenvalue weighted by atomic mass is 35.5. The number of rotatable bonds is 5. The van der Waals surface area contributed by atoms with E-state index in [2.05, 4.69) is 15.4 Å². The summed E-state index contributed by atoms with van der Waals surface area (Å²) < 4.78 is 40.6. The van der Waals surface area contributed by atoms with Crippen molar-refractivity contribution >= 4 is 42.3 Å². The number of carbonyl (C=O) groups is 1. The maximum atomic E-state index is 13.4. The van der Waals surface area contributed by atoms with Crippen LogP contribution in [-0.4, -0.2) is 33.8 Å². The molecule has 0 saturated heterocycles. The molecule has 2 heterocycles. The molecule has 0 spiro atoms. The zero-order valence-corrected chi connectivity index (χ0v) is 15.0. The Labute approximate surface area is 158 Å². The third-order valence-electron chi connectivity index (χ3n) is 2.89. The molecule has 0 fully saturated rings. The van der Waals surface area contributed by atoms with E-state index in [9.17, 15) is 18.0 Å². The highest BCUT2D eigenvalue weighted by Gasteiger charge is 2.41. The fraction of sp³-hybridized carbons (Fsp3) is 0.308. The smallest absolute Gasteiger partial charge is 0.352 e. The van der Waals surface area contributed by atoms with E-state index in [1.165, 1.54) is 18.3 Å². The standard InChI is InChI=1S/C13H13ClF3N5O.2ClH/c14-9-3-1-5-19-11(9)22-10(13(15,16)17)8(7-21-22)12(23)20-6-2-4-18;;/h1,3,5,7H,2,4,6,18H2,(H,20,23);2*1H. The number of alkyl halides is 3. The summed E-state index contributed by atoms with van der Waals surface area (Å²) in [6.45, 7) is 0.483. The van der Waals surface area contributed by atoms with Gasteiger partial charge in [0.05, 0.1) is 16.8 Å². The molecule has 0 aromatic carbocycles. The van der Waals surface area contributed by atoms with Gasteiger partial charge in [0.25, 0.3) is 5.91 Å². The van der Waals surface area contributed by atoms with Crippen molar-refractivity contribution in [1.82, 2.24) is 20.1 Å². The Kier molecular flexibility index (Phi) is 9.20. The number of carbonyl (C=O) groups excluding carboxylic acids is 1. The minimum atomic E-state index is -4.81. The molecule has 0 aliphatic carbocycles. The third kappa shape index (κ3) is 5.46. The van der Waals surface area contributed by atoms with Crippen molar-refractivity contribution in [3.63, 3.8) is 0 Å². The van der Waals surface area contributed by atoms with Gasteiger partial charge >= 0.3 is 6.18 Å². The van der Waals surface area contributed by atoms with Crippen LogP contribution in [0.25, 0.3) is 5.82 Å². The Bertz CT molecular complexity index is 708. The maximum Gasteiger partial charge on any atom is 0.434 e. The molecule has 0 aliphatic rings. The first-order valence-corrected chi connectivity index (χ1v) is 6.98. The summed E-state index contributed by atoms with van der Waals surface area (Å²) in [4.78, 5) is 15.7. The molecule has 2 aromatic heterocycles. The van der Waals surface area contributed by atoms with Crippen molar-refractivity contribution in [2.75, 3.05) is 13.1 Å². The Balaban J connectivity index is 0.00000288. The largest absolute Gasteiger partial charge is 0.434 e. The second-order valence-corrected chi connectivity index (χ2v) is 4.93. The van der Waals surface area contributed by atoms with Crippen LogP contribution >= 0.6 is 36.4 Å². The van der Waals surface area contributed by atoms with Gasteiger partial charge in [-0.05, 0) is 25.1 Å². The Morgan fingerprint density at radius 1 is 1.36 bits per heavy atom. The summed E-state index contributed by atoms with van der Waals surface area (Å²) in [6.07, 6.45) is -2.24. The molecule has 0 bridgehead atoms. The number of aromatic nitrogens is 3. The highest BCUT2D eigenvalue weighted by molar-refractivity contribution is 6.32. The van der Waals surface area contributed by atoms with Crippen molar-refractivity contribution in [2.24, 2.45) is 5.73 Å². The summed E-state index contributed by atoms with van der Waals surface area (Å²) in [5.74, 6) is -1.09. The lowest BCUT2D eigenvalue weighted by atomic mass is 10.2. The van der Waals surface area contributed by atoms with Gasteiger partial charge in [0.1, 0.15) is 0 Å². The minimum Gasteiger partial charge on any atom is -0.352 e. The molecular weight excluding hydrogens is 406 g/mol. The first kappa shape index (κ1) is 23.4. The van der Waals surface area contributed by atoms with Gasteiger partial charge in [-0.15, -0.1) is 24.8 Å². The normalized spacial score (nSPS) is 10.6. The van der Waals surface area contributed by atoms with Crippen molar-refractivity contribution in [2.45, 2.75) is 12.6 Å². The van der Waals surface area contributed by atoms with Gasteiger partial charge in [0.15, 0.2) is 11.5 Å². The number of hydrogen-bond donors (Lipinski definition) is 2. The van der Waals surface area contributed by atoms with E-state index in [1.54, 1.807) is 0 Å². The van der Waals surface area contributed by atoms with E-state index >= 15 is 0 Å².